The Morgan fingerprint density at radius 3 is 2.57 bits per heavy atom. The number of nitrogens with zero attached hydrogens (tertiary/aromatic N) is 2. The van der Waals surface area contributed by atoms with E-state index in [4.69, 9.17) is 11.6 Å². The summed E-state index contributed by atoms with van der Waals surface area (Å²) in [5.74, 6) is 0.266. The molecular formula is C15H16BrClN2O2. The first-order chi connectivity index (χ1) is 9.73. The number of aryl methyl sites for hydroxylation is 2. The minimum absolute atomic E-state index is 0.0725. The van der Waals surface area contributed by atoms with Crippen molar-refractivity contribution < 1.29 is 4.92 Å². The Morgan fingerprint density at radius 1 is 1.43 bits per heavy atom. The van der Waals surface area contributed by atoms with E-state index in [0.717, 1.165) is 15.6 Å². The van der Waals surface area contributed by atoms with Crippen molar-refractivity contribution in [3.63, 3.8) is 0 Å². The zero-order valence-corrected chi connectivity index (χ0v) is 14.7. The Hall–Kier alpha value is -1.20. The summed E-state index contributed by atoms with van der Waals surface area (Å²) >= 11 is 9.85. The summed E-state index contributed by atoms with van der Waals surface area (Å²) in [6.45, 7) is 7.86. The largest absolute Gasteiger partial charge is 0.309 e. The molecule has 0 amide bonds. The maximum Gasteiger partial charge on any atom is 0.309 e. The van der Waals surface area contributed by atoms with Crippen LogP contribution in [0.2, 0.25) is 5.02 Å². The van der Waals surface area contributed by atoms with E-state index in [9.17, 15) is 10.1 Å². The highest BCUT2D eigenvalue weighted by molar-refractivity contribution is 9.10. The van der Waals surface area contributed by atoms with Crippen LogP contribution in [0, 0.1) is 29.9 Å². The minimum Gasteiger partial charge on any atom is -0.258 e. The number of benzene rings is 1. The molecule has 1 heterocycles. The molecule has 0 aliphatic rings. The molecule has 0 fully saturated rings. The van der Waals surface area contributed by atoms with Gasteiger partial charge in [0.2, 0.25) is 0 Å². The molecule has 1 aromatic heterocycles. The van der Waals surface area contributed by atoms with Crippen LogP contribution in [0.25, 0.3) is 10.9 Å². The number of halogens is 2. The maximum absolute atomic E-state index is 11.4. The van der Waals surface area contributed by atoms with Crippen molar-refractivity contribution in [3.8, 4) is 0 Å². The highest BCUT2D eigenvalue weighted by atomic mass is 79.9. The van der Waals surface area contributed by atoms with Gasteiger partial charge in [0.1, 0.15) is 10.7 Å². The quantitative estimate of drug-likeness (QED) is 0.538. The highest BCUT2D eigenvalue weighted by Crippen LogP contribution is 2.39. The molecule has 2 aromatic rings. The SMILES string of the molecule is Cc1cc2nc(CC(C)C)c([N+](=O)[O-])c(Cl)c2c(C)c1Br. The van der Waals surface area contributed by atoms with Crippen LogP contribution in [0.5, 0.6) is 0 Å². The Balaban J connectivity index is 2.91. The maximum atomic E-state index is 11.4. The molecule has 0 saturated carbocycles. The van der Waals surface area contributed by atoms with Crippen LogP contribution in [0.15, 0.2) is 10.5 Å². The second-order valence-corrected chi connectivity index (χ2v) is 6.77. The molecule has 0 unspecified atom stereocenters. The third-order valence-electron chi connectivity index (χ3n) is 3.40. The van der Waals surface area contributed by atoms with E-state index in [1.807, 2.05) is 33.8 Å². The lowest BCUT2D eigenvalue weighted by Gasteiger charge is -2.13. The van der Waals surface area contributed by atoms with E-state index < -0.39 is 4.92 Å². The molecule has 0 saturated heterocycles. The zero-order valence-electron chi connectivity index (χ0n) is 12.3. The number of rotatable bonds is 3. The predicted molar refractivity (Wildman–Crippen MR) is 89.1 cm³/mol. The van der Waals surface area contributed by atoms with Gasteiger partial charge < -0.3 is 0 Å². The van der Waals surface area contributed by atoms with Crippen molar-refractivity contribution in [1.82, 2.24) is 4.98 Å². The standard InChI is InChI=1S/C15H16BrClN2O2/c1-7(2)5-11-15(19(20)21)14(17)12-9(4)13(16)8(3)6-10(12)18-11/h6-7H,5H2,1-4H3. The molecule has 0 spiro atoms. The molecule has 0 aliphatic heterocycles. The van der Waals surface area contributed by atoms with E-state index in [1.54, 1.807) is 0 Å². The molecule has 21 heavy (non-hydrogen) atoms. The number of nitro groups is 1. The number of pyridine rings is 1. The fourth-order valence-electron chi connectivity index (χ4n) is 2.46. The molecule has 0 aliphatic carbocycles. The summed E-state index contributed by atoms with van der Waals surface area (Å²) in [7, 11) is 0. The van der Waals surface area contributed by atoms with E-state index in [2.05, 4.69) is 20.9 Å². The number of hydrogen-bond acceptors (Lipinski definition) is 3. The van der Waals surface area contributed by atoms with Crippen LogP contribution >= 0.6 is 27.5 Å². The number of aromatic nitrogens is 1. The number of hydrogen-bond donors (Lipinski definition) is 0. The molecule has 6 heteroatoms. The van der Waals surface area contributed by atoms with Crippen molar-refractivity contribution in [3.05, 3.63) is 42.5 Å². The molecule has 0 bridgehead atoms. The van der Waals surface area contributed by atoms with Gasteiger partial charge in [0, 0.05) is 9.86 Å². The van der Waals surface area contributed by atoms with Gasteiger partial charge >= 0.3 is 5.69 Å². The van der Waals surface area contributed by atoms with Gasteiger partial charge in [-0.25, -0.2) is 4.98 Å². The van der Waals surface area contributed by atoms with Gasteiger partial charge in [0.05, 0.1) is 10.4 Å². The van der Waals surface area contributed by atoms with Crippen LogP contribution in [0.4, 0.5) is 5.69 Å². The second kappa shape index (κ2) is 5.89. The van der Waals surface area contributed by atoms with Crippen LogP contribution in [0.1, 0.15) is 30.7 Å². The van der Waals surface area contributed by atoms with Gasteiger partial charge in [0.25, 0.3) is 0 Å². The van der Waals surface area contributed by atoms with Crippen molar-refractivity contribution in [1.29, 1.82) is 0 Å². The van der Waals surface area contributed by atoms with E-state index in [0.29, 0.717) is 23.0 Å². The number of fused-ring (bicyclic) bond motifs is 1. The van der Waals surface area contributed by atoms with Crippen LogP contribution in [-0.4, -0.2) is 9.91 Å². The molecule has 0 N–H and O–H groups in total. The monoisotopic (exact) mass is 370 g/mol. The molecule has 2 rings (SSSR count). The van der Waals surface area contributed by atoms with Crippen LogP contribution in [-0.2, 0) is 6.42 Å². The van der Waals surface area contributed by atoms with E-state index in [-0.39, 0.29) is 16.6 Å². The van der Waals surface area contributed by atoms with Gasteiger partial charge in [-0.15, -0.1) is 0 Å². The van der Waals surface area contributed by atoms with Crippen molar-refractivity contribution in [2.24, 2.45) is 5.92 Å². The molecule has 0 radical (unpaired) electrons. The summed E-state index contributed by atoms with van der Waals surface area (Å²) in [5.41, 5.74) is 3.00. The third-order valence-corrected chi connectivity index (χ3v) is 4.99. The molecule has 4 nitrogen and oxygen atoms in total. The summed E-state index contributed by atoms with van der Waals surface area (Å²) < 4.78 is 0.907. The van der Waals surface area contributed by atoms with Gasteiger partial charge in [-0.05, 0) is 43.4 Å². The summed E-state index contributed by atoms with van der Waals surface area (Å²) in [6, 6.07) is 1.91. The topological polar surface area (TPSA) is 56.0 Å². The van der Waals surface area contributed by atoms with Gasteiger partial charge in [-0.2, -0.15) is 0 Å². The lowest BCUT2D eigenvalue weighted by atomic mass is 10.0. The zero-order chi connectivity index (χ0) is 15.9. The van der Waals surface area contributed by atoms with E-state index in [1.165, 1.54) is 0 Å². The van der Waals surface area contributed by atoms with Crippen molar-refractivity contribution in [2.45, 2.75) is 34.1 Å². The smallest absolute Gasteiger partial charge is 0.258 e. The van der Waals surface area contributed by atoms with Gasteiger partial charge in [0.15, 0.2) is 0 Å². The Kier molecular flexibility index (Phi) is 4.54. The average Bonchev–Trinajstić information content (AvgIpc) is 2.34. The van der Waals surface area contributed by atoms with Gasteiger partial charge in [-0.3, -0.25) is 10.1 Å². The van der Waals surface area contributed by atoms with Crippen LogP contribution in [0.3, 0.4) is 0 Å². The molecule has 0 atom stereocenters. The minimum atomic E-state index is -0.431. The Labute approximate surface area is 136 Å². The Bertz CT molecular complexity index is 745. The summed E-state index contributed by atoms with van der Waals surface area (Å²) in [4.78, 5) is 15.5. The molecular weight excluding hydrogens is 356 g/mol. The lowest BCUT2D eigenvalue weighted by molar-refractivity contribution is -0.385. The fourth-order valence-corrected chi connectivity index (χ4v) is 3.19. The predicted octanol–water partition coefficient (Wildman–Crippen LogP) is 5.37. The molecule has 112 valence electrons. The first-order valence-corrected chi connectivity index (χ1v) is 7.83. The summed E-state index contributed by atoms with van der Waals surface area (Å²) in [6.07, 6.45) is 0.528. The average molecular weight is 372 g/mol. The first-order valence-electron chi connectivity index (χ1n) is 6.66. The fraction of sp³-hybridized carbons (Fsp3) is 0.400. The third kappa shape index (κ3) is 2.90. The molecule has 1 aromatic carbocycles. The first kappa shape index (κ1) is 16.2. The van der Waals surface area contributed by atoms with Crippen molar-refractivity contribution in [2.75, 3.05) is 0 Å². The normalized spacial score (nSPS) is 11.4. The van der Waals surface area contributed by atoms with Crippen molar-refractivity contribution >= 4 is 44.1 Å². The second-order valence-electron chi connectivity index (χ2n) is 5.60. The highest BCUT2D eigenvalue weighted by Gasteiger charge is 2.25. The van der Waals surface area contributed by atoms with Gasteiger partial charge in [-0.1, -0.05) is 41.4 Å². The Morgan fingerprint density at radius 2 is 2.05 bits per heavy atom. The lowest BCUT2D eigenvalue weighted by Crippen LogP contribution is -2.05. The van der Waals surface area contributed by atoms with E-state index >= 15 is 0 Å². The summed E-state index contributed by atoms with van der Waals surface area (Å²) in [5, 5.41) is 12.2. The van der Waals surface area contributed by atoms with Crippen LogP contribution < -0.4 is 0 Å².